The summed E-state index contributed by atoms with van der Waals surface area (Å²) < 4.78 is 33.9. The topological polar surface area (TPSA) is 144 Å². The zero-order chi connectivity index (χ0) is 31.3. The van der Waals surface area contributed by atoms with Crippen LogP contribution in [0.5, 0.6) is 23.0 Å². The fourth-order valence-electron chi connectivity index (χ4n) is 5.08. The number of nitriles is 1. The number of nitrogens with two attached hydrogens (primary N) is 1. The van der Waals surface area contributed by atoms with Crippen molar-refractivity contribution >= 4 is 28.5 Å². The normalized spacial score (nSPS) is 10.6. The van der Waals surface area contributed by atoms with Crippen LogP contribution in [0, 0.1) is 11.3 Å². The van der Waals surface area contributed by atoms with E-state index in [9.17, 15) is 14.9 Å². The van der Waals surface area contributed by atoms with E-state index in [0.29, 0.717) is 45.1 Å². The molecule has 0 saturated heterocycles. The first-order chi connectivity index (χ1) is 20.8. The first-order valence-electron chi connectivity index (χ1n) is 13.4. The predicted molar refractivity (Wildman–Crippen MR) is 161 cm³/mol. The second-order valence-corrected chi connectivity index (χ2v) is 9.20. The van der Waals surface area contributed by atoms with Crippen LogP contribution in [0.4, 0.5) is 5.69 Å². The van der Waals surface area contributed by atoms with E-state index in [1.54, 1.807) is 45.2 Å². The molecule has 0 atom stereocenters. The van der Waals surface area contributed by atoms with Gasteiger partial charge in [0.05, 0.1) is 58.4 Å². The molecule has 0 saturated carbocycles. The minimum atomic E-state index is -0.737. The summed E-state index contributed by atoms with van der Waals surface area (Å²) in [7, 11) is 6.05. The molecule has 0 spiro atoms. The van der Waals surface area contributed by atoms with Crippen LogP contribution in [0.1, 0.15) is 29.9 Å². The number of nitrogens with zero attached hydrogens (tertiary/aromatic N) is 2. The summed E-state index contributed by atoms with van der Waals surface area (Å²) in [6.45, 7) is 3.16. The third-order valence-electron chi connectivity index (χ3n) is 6.92. The Labute approximate surface area is 249 Å². The average molecular weight is 588 g/mol. The van der Waals surface area contributed by atoms with Crippen molar-refractivity contribution in [3.63, 3.8) is 0 Å². The van der Waals surface area contributed by atoms with Gasteiger partial charge >= 0.3 is 11.9 Å². The molecule has 3 aromatic carbocycles. The Kier molecular flexibility index (Phi) is 9.30. The van der Waals surface area contributed by atoms with Crippen LogP contribution in [-0.2, 0) is 20.8 Å². The van der Waals surface area contributed by atoms with Crippen LogP contribution >= 0.6 is 0 Å². The predicted octanol–water partition coefficient (Wildman–Crippen LogP) is 5.20. The zero-order valence-electron chi connectivity index (χ0n) is 24.9. The van der Waals surface area contributed by atoms with Gasteiger partial charge in [-0.1, -0.05) is 12.1 Å². The van der Waals surface area contributed by atoms with Crippen molar-refractivity contribution in [1.82, 2.24) is 4.57 Å². The van der Waals surface area contributed by atoms with Crippen LogP contribution in [0.2, 0.25) is 0 Å². The van der Waals surface area contributed by atoms with Crippen molar-refractivity contribution in [1.29, 1.82) is 5.26 Å². The molecule has 4 rings (SSSR count). The van der Waals surface area contributed by atoms with Crippen LogP contribution in [0.3, 0.4) is 0 Å². The molecule has 0 aliphatic carbocycles. The lowest BCUT2D eigenvalue weighted by Gasteiger charge is -2.17. The number of anilines is 1. The van der Waals surface area contributed by atoms with Crippen LogP contribution in [-0.4, -0.2) is 58.2 Å². The largest absolute Gasteiger partial charge is 0.497 e. The van der Waals surface area contributed by atoms with Gasteiger partial charge in [-0.05, 0) is 60.9 Å². The number of carbonyl (C=O) groups excluding carboxylic acids is 2. The number of methoxy groups -OCH3 is 4. The third kappa shape index (κ3) is 5.59. The van der Waals surface area contributed by atoms with Crippen LogP contribution in [0.15, 0.2) is 42.5 Å². The van der Waals surface area contributed by atoms with Gasteiger partial charge in [0.15, 0.2) is 17.2 Å². The number of aromatic nitrogens is 1. The van der Waals surface area contributed by atoms with Crippen molar-refractivity contribution in [3.05, 3.63) is 53.7 Å². The summed E-state index contributed by atoms with van der Waals surface area (Å²) in [6, 6.07) is 14.8. The second kappa shape index (κ2) is 13.1. The van der Waals surface area contributed by atoms with Crippen molar-refractivity contribution in [2.24, 2.45) is 0 Å². The molecule has 224 valence electrons. The van der Waals surface area contributed by atoms with E-state index in [1.807, 2.05) is 18.2 Å². The van der Waals surface area contributed by atoms with Gasteiger partial charge in [-0.15, -0.1) is 0 Å². The quantitative estimate of drug-likeness (QED) is 0.232. The molecule has 1 heterocycles. The molecular weight excluding hydrogens is 554 g/mol. The SMILES string of the molecule is CCOC(=O)Cn1c(C(=O)OCC)c(N)c2c(-c3ccc(OC)cc3)cc(-c3cc(OC)c(OC)c(OC)c3)c(C#N)c21. The van der Waals surface area contributed by atoms with Crippen molar-refractivity contribution in [2.75, 3.05) is 47.4 Å². The molecular formula is C32H33N3O8. The van der Waals surface area contributed by atoms with E-state index in [2.05, 4.69) is 6.07 Å². The fourth-order valence-corrected chi connectivity index (χ4v) is 5.08. The number of ether oxygens (including phenoxy) is 6. The van der Waals surface area contributed by atoms with Gasteiger partial charge in [0, 0.05) is 10.9 Å². The molecule has 0 aliphatic rings. The van der Waals surface area contributed by atoms with E-state index >= 15 is 0 Å². The number of esters is 2. The number of fused-ring (bicyclic) bond motifs is 1. The lowest BCUT2D eigenvalue weighted by atomic mass is 9.90. The highest BCUT2D eigenvalue weighted by atomic mass is 16.5. The summed E-state index contributed by atoms with van der Waals surface area (Å²) in [5.41, 5.74) is 9.49. The lowest BCUT2D eigenvalue weighted by molar-refractivity contribution is -0.143. The lowest BCUT2D eigenvalue weighted by Crippen LogP contribution is -2.20. The highest BCUT2D eigenvalue weighted by molar-refractivity contribution is 6.15. The third-order valence-corrected chi connectivity index (χ3v) is 6.92. The first-order valence-corrected chi connectivity index (χ1v) is 13.4. The van der Waals surface area contributed by atoms with Gasteiger partial charge in [0.1, 0.15) is 18.4 Å². The maximum atomic E-state index is 13.3. The maximum Gasteiger partial charge on any atom is 0.357 e. The number of nitrogen functional groups attached to an aromatic ring is 1. The van der Waals surface area contributed by atoms with Gasteiger partial charge in [-0.25, -0.2) is 4.79 Å². The first kappa shape index (κ1) is 30.6. The smallest absolute Gasteiger partial charge is 0.357 e. The van der Waals surface area contributed by atoms with Crippen molar-refractivity contribution in [3.8, 4) is 51.3 Å². The molecule has 1 aromatic heterocycles. The Morgan fingerprint density at radius 1 is 0.837 bits per heavy atom. The molecule has 11 heteroatoms. The molecule has 0 amide bonds. The minimum absolute atomic E-state index is 0.0572. The number of carbonyl (C=O) groups is 2. The molecule has 0 fully saturated rings. The summed E-state index contributed by atoms with van der Waals surface area (Å²) in [5, 5.41) is 11.0. The number of benzene rings is 3. The minimum Gasteiger partial charge on any atom is -0.497 e. The van der Waals surface area contributed by atoms with Gasteiger partial charge in [-0.3, -0.25) is 4.79 Å². The Morgan fingerprint density at radius 2 is 1.47 bits per heavy atom. The highest BCUT2D eigenvalue weighted by Gasteiger charge is 2.30. The Balaban J connectivity index is 2.22. The number of rotatable bonds is 11. The molecule has 4 aromatic rings. The molecule has 0 aliphatic heterocycles. The zero-order valence-corrected chi connectivity index (χ0v) is 24.9. The van der Waals surface area contributed by atoms with Gasteiger partial charge in [0.2, 0.25) is 5.75 Å². The van der Waals surface area contributed by atoms with Gasteiger partial charge in [0.25, 0.3) is 0 Å². The second-order valence-electron chi connectivity index (χ2n) is 9.20. The molecule has 0 bridgehead atoms. The Morgan fingerprint density at radius 3 is 1.98 bits per heavy atom. The van der Waals surface area contributed by atoms with Crippen molar-refractivity contribution in [2.45, 2.75) is 20.4 Å². The van der Waals surface area contributed by atoms with Gasteiger partial charge in [-0.2, -0.15) is 5.26 Å². The standard InChI is InChI=1S/C32H33N3O8/c1-7-42-26(36)17-35-29-23(16-33)21(19-13-24(39-4)31(41-6)25(14-19)40-5)15-22(18-9-11-20(38-3)12-10-18)27(29)28(34)30(35)32(37)43-8-2/h9-15H,7-8,17,34H2,1-6H3. The van der Waals surface area contributed by atoms with E-state index in [4.69, 9.17) is 34.2 Å². The average Bonchev–Trinajstić information content (AvgIpc) is 3.30. The van der Waals surface area contributed by atoms with Gasteiger partial charge < -0.3 is 38.7 Å². The summed E-state index contributed by atoms with van der Waals surface area (Å²) in [5.74, 6) is 0.417. The van der Waals surface area contributed by atoms with E-state index in [0.717, 1.165) is 5.56 Å². The molecule has 2 N–H and O–H groups in total. The summed E-state index contributed by atoms with van der Waals surface area (Å²) >= 11 is 0. The van der Waals surface area contributed by atoms with Crippen LogP contribution < -0.4 is 24.7 Å². The van der Waals surface area contributed by atoms with E-state index in [-0.39, 0.29) is 42.2 Å². The van der Waals surface area contributed by atoms with E-state index < -0.39 is 11.9 Å². The van der Waals surface area contributed by atoms with Crippen LogP contribution in [0.25, 0.3) is 33.2 Å². The van der Waals surface area contributed by atoms with Crippen molar-refractivity contribution < 1.29 is 38.0 Å². The number of hydrogen-bond acceptors (Lipinski definition) is 10. The highest BCUT2D eigenvalue weighted by Crippen LogP contribution is 2.47. The molecule has 0 radical (unpaired) electrons. The Hall–Kier alpha value is -5.37. The fraction of sp³-hybridized carbons (Fsp3) is 0.281. The summed E-state index contributed by atoms with van der Waals surface area (Å²) in [6.07, 6.45) is 0. The molecule has 11 nitrogen and oxygen atoms in total. The summed E-state index contributed by atoms with van der Waals surface area (Å²) in [4.78, 5) is 26.1. The maximum absolute atomic E-state index is 13.3. The molecule has 43 heavy (non-hydrogen) atoms. The number of hydrogen-bond donors (Lipinski definition) is 1. The Bertz CT molecular complexity index is 1690. The van der Waals surface area contributed by atoms with E-state index in [1.165, 1.54) is 25.9 Å². The monoisotopic (exact) mass is 587 g/mol. The molecule has 0 unspecified atom stereocenters.